The number of aromatic amines is 1. The van der Waals surface area contributed by atoms with Gasteiger partial charge in [-0.25, -0.2) is 4.98 Å². The third kappa shape index (κ3) is 2.49. The molecular weight excluding hydrogens is 291 g/mol. The van der Waals surface area contributed by atoms with Crippen molar-refractivity contribution in [3.8, 4) is 5.69 Å². The highest BCUT2D eigenvalue weighted by atomic mass is 19.4. The van der Waals surface area contributed by atoms with E-state index in [-0.39, 0.29) is 0 Å². The Morgan fingerprint density at radius 3 is 2.45 bits per heavy atom. The molecule has 0 radical (unpaired) electrons. The van der Waals surface area contributed by atoms with Crippen LogP contribution >= 0.6 is 0 Å². The highest BCUT2D eigenvalue weighted by molar-refractivity contribution is 5.81. The molecule has 0 saturated heterocycles. The molecule has 116 valence electrons. The Morgan fingerprint density at radius 1 is 1.09 bits per heavy atom. The normalized spacial score (nSPS) is 13.0. The van der Waals surface area contributed by atoms with Crippen LogP contribution in [0, 0.1) is 0 Å². The number of imidazole rings is 1. The van der Waals surface area contributed by atoms with Gasteiger partial charge in [0.25, 0.3) is 0 Å². The summed E-state index contributed by atoms with van der Waals surface area (Å²) in [5.41, 5.74) is 0.236. The summed E-state index contributed by atoms with van der Waals surface area (Å²) >= 11 is 0. The molecular formula is C16H16F3N3. The van der Waals surface area contributed by atoms with Crippen molar-refractivity contribution in [2.75, 3.05) is 0 Å². The van der Waals surface area contributed by atoms with Crippen LogP contribution in [-0.4, -0.2) is 14.5 Å². The van der Waals surface area contributed by atoms with Gasteiger partial charge in [-0.2, -0.15) is 13.2 Å². The standard InChI is InChI=1S/C16H16F3N3/c1-15(2,3)14-21-13(16(17,18)19)9-22(14)11-4-5-12-10(8-11)6-7-20-12/h4-9,20H,1-3H3. The second-order valence-corrected chi connectivity index (χ2v) is 6.32. The zero-order valence-electron chi connectivity index (χ0n) is 12.5. The zero-order valence-corrected chi connectivity index (χ0v) is 12.5. The fourth-order valence-corrected chi connectivity index (χ4v) is 2.43. The molecule has 0 atom stereocenters. The van der Waals surface area contributed by atoms with E-state index in [0.717, 1.165) is 17.1 Å². The van der Waals surface area contributed by atoms with Crippen LogP contribution in [0.5, 0.6) is 0 Å². The number of hydrogen-bond donors (Lipinski definition) is 1. The number of halogens is 3. The van der Waals surface area contributed by atoms with Gasteiger partial charge in [0, 0.05) is 34.4 Å². The van der Waals surface area contributed by atoms with Crippen molar-refractivity contribution >= 4 is 10.9 Å². The van der Waals surface area contributed by atoms with Crippen LogP contribution in [-0.2, 0) is 11.6 Å². The first-order chi connectivity index (χ1) is 10.2. The van der Waals surface area contributed by atoms with Gasteiger partial charge in [-0.1, -0.05) is 20.8 Å². The highest BCUT2D eigenvalue weighted by Gasteiger charge is 2.36. The van der Waals surface area contributed by atoms with Gasteiger partial charge in [0.05, 0.1) is 0 Å². The number of nitrogens with one attached hydrogen (secondary N) is 1. The largest absolute Gasteiger partial charge is 0.434 e. The summed E-state index contributed by atoms with van der Waals surface area (Å²) in [5.74, 6) is 0.384. The monoisotopic (exact) mass is 307 g/mol. The lowest BCUT2D eigenvalue weighted by Crippen LogP contribution is -2.18. The van der Waals surface area contributed by atoms with Crippen LogP contribution in [0.3, 0.4) is 0 Å². The number of fused-ring (bicyclic) bond motifs is 1. The molecule has 0 bridgehead atoms. The molecule has 0 spiro atoms. The molecule has 3 rings (SSSR count). The number of aromatic nitrogens is 3. The molecule has 0 aliphatic rings. The minimum Gasteiger partial charge on any atom is -0.361 e. The Labute approximate surface area is 125 Å². The summed E-state index contributed by atoms with van der Waals surface area (Å²) in [4.78, 5) is 6.89. The number of H-pyrrole nitrogens is 1. The van der Waals surface area contributed by atoms with Gasteiger partial charge in [0.15, 0.2) is 5.69 Å². The Hall–Kier alpha value is -2.24. The van der Waals surface area contributed by atoms with E-state index in [1.165, 1.54) is 4.57 Å². The average molecular weight is 307 g/mol. The Kier molecular flexibility index (Phi) is 3.09. The summed E-state index contributed by atoms with van der Waals surface area (Å²) in [6, 6.07) is 7.38. The number of benzene rings is 1. The van der Waals surface area contributed by atoms with E-state index in [2.05, 4.69) is 9.97 Å². The summed E-state index contributed by atoms with van der Waals surface area (Å²) in [6.07, 6.45) is -1.59. The van der Waals surface area contributed by atoms with Crippen LogP contribution in [0.4, 0.5) is 13.2 Å². The third-order valence-corrected chi connectivity index (χ3v) is 3.48. The molecule has 0 fully saturated rings. The van der Waals surface area contributed by atoms with Gasteiger partial charge in [0.1, 0.15) is 5.82 Å². The zero-order chi connectivity index (χ0) is 16.1. The molecule has 2 heterocycles. The molecule has 0 aliphatic heterocycles. The predicted octanol–water partition coefficient (Wildman–Crippen LogP) is 4.67. The van der Waals surface area contributed by atoms with Crippen molar-refractivity contribution in [3.05, 3.63) is 48.2 Å². The van der Waals surface area contributed by atoms with E-state index >= 15 is 0 Å². The molecule has 0 amide bonds. The Bertz CT molecular complexity index is 819. The second-order valence-electron chi connectivity index (χ2n) is 6.32. The topological polar surface area (TPSA) is 33.6 Å². The van der Waals surface area contributed by atoms with Gasteiger partial charge in [-0.15, -0.1) is 0 Å². The molecule has 0 aliphatic carbocycles. The van der Waals surface area contributed by atoms with Gasteiger partial charge in [-0.05, 0) is 24.3 Å². The molecule has 3 aromatic rings. The van der Waals surface area contributed by atoms with E-state index in [1.807, 2.05) is 39.0 Å². The van der Waals surface area contributed by atoms with Crippen LogP contribution < -0.4 is 0 Å². The number of rotatable bonds is 1. The first kappa shape index (κ1) is 14.7. The average Bonchev–Trinajstić information content (AvgIpc) is 3.03. The van der Waals surface area contributed by atoms with E-state index in [9.17, 15) is 13.2 Å². The van der Waals surface area contributed by atoms with Crippen molar-refractivity contribution in [2.24, 2.45) is 0 Å². The van der Waals surface area contributed by atoms with Crippen LogP contribution in [0.2, 0.25) is 0 Å². The first-order valence-corrected chi connectivity index (χ1v) is 6.91. The minimum atomic E-state index is -4.45. The summed E-state index contributed by atoms with van der Waals surface area (Å²) in [5, 5.41) is 0.944. The van der Waals surface area contributed by atoms with Gasteiger partial charge >= 0.3 is 6.18 Å². The third-order valence-electron chi connectivity index (χ3n) is 3.48. The SMILES string of the molecule is CC(C)(C)c1nc(C(F)(F)F)cn1-c1ccc2[nH]ccc2c1. The molecule has 22 heavy (non-hydrogen) atoms. The minimum absolute atomic E-state index is 0.384. The van der Waals surface area contributed by atoms with Crippen molar-refractivity contribution in [1.82, 2.24) is 14.5 Å². The smallest absolute Gasteiger partial charge is 0.361 e. The fourth-order valence-electron chi connectivity index (χ4n) is 2.43. The number of nitrogens with zero attached hydrogens (tertiary/aromatic N) is 2. The lowest BCUT2D eigenvalue weighted by Gasteiger charge is -2.19. The molecule has 1 aromatic carbocycles. The van der Waals surface area contributed by atoms with E-state index in [1.54, 1.807) is 12.3 Å². The molecule has 0 saturated carbocycles. The lowest BCUT2D eigenvalue weighted by atomic mass is 9.95. The van der Waals surface area contributed by atoms with Crippen molar-refractivity contribution < 1.29 is 13.2 Å². The summed E-state index contributed by atoms with van der Waals surface area (Å²) in [7, 11) is 0. The van der Waals surface area contributed by atoms with Crippen molar-refractivity contribution in [1.29, 1.82) is 0 Å². The predicted molar refractivity (Wildman–Crippen MR) is 79.1 cm³/mol. The van der Waals surface area contributed by atoms with Crippen LogP contribution in [0.25, 0.3) is 16.6 Å². The Balaban J connectivity index is 2.21. The maximum absolute atomic E-state index is 13.0. The lowest BCUT2D eigenvalue weighted by molar-refractivity contribution is -0.141. The second kappa shape index (κ2) is 4.63. The number of hydrogen-bond acceptors (Lipinski definition) is 1. The maximum atomic E-state index is 13.0. The number of alkyl halides is 3. The van der Waals surface area contributed by atoms with E-state index in [4.69, 9.17) is 0 Å². The van der Waals surface area contributed by atoms with Crippen LogP contribution in [0.1, 0.15) is 32.3 Å². The van der Waals surface area contributed by atoms with Crippen molar-refractivity contribution in [2.45, 2.75) is 32.4 Å². The first-order valence-electron chi connectivity index (χ1n) is 6.91. The Morgan fingerprint density at radius 2 is 1.82 bits per heavy atom. The van der Waals surface area contributed by atoms with Gasteiger partial charge in [0.2, 0.25) is 0 Å². The van der Waals surface area contributed by atoms with E-state index in [0.29, 0.717) is 11.5 Å². The quantitative estimate of drug-likeness (QED) is 0.696. The van der Waals surface area contributed by atoms with Crippen molar-refractivity contribution in [3.63, 3.8) is 0 Å². The highest BCUT2D eigenvalue weighted by Crippen LogP contribution is 2.33. The molecule has 1 N–H and O–H groups in total. The molecule has 0 unspecified atom stereocenters. The van der Waals surface area contributed by atoms with Gasteiger partial charge < -0.3 is 9.55 Å². The molecule has 6 heteroatoms. The maximum Gasteiger partial charge on any atom is 0.434 e. The molecule has 3 nitrogen and oxygen atoms in total. The molecule has 2 aromatic heterocycles. The van der Waals surface area contributed by atoms with Gasteiger partial charge in [-0.3, -0.25) is 0 Å². The fraction of sp³-hybridized carbons (Fsp3) is 0.312. The summed E-state index contributed by atoms with van der Waals surface area (Å²) < 4.78 is 40.5. The van der Waals surface area contributed by atoms with E-state index < -0.39 is 17.3 Å². The van der Waals surface area contributed by atoms with Crippen LogP contribution in [0.15, 0.2) is 36.7 Å². The summed E-state index contributed by atoms with van der Waals surface area (Å²) in [6.45, 7) is 5.54.